The summed E-state index contributed by atoms with van der Waals surface area (Å²) in [6, 6.07) is 2.03. The van der Waals surface area contributed by atoms with Gasteiger partial charge in [-0.1, -0.05) is 0 Å². The van der Waals surface area contributed by atoms with Crippen molar-refractivity contribution in [3.63, 3.8) is 0 Å². The Morgan fingerprint density at radius 3 is 2.50 bits per heavy atom. The van der Waals surface area contributed by atoms with Crippen molar-refractivity contribution in [2.75, 3.05) is 6.54 Å². The summed E-state index contributed by atoms with van der Waals surface area (Å²) in [4.78, 5) is 22.9. The van der Waals surface area contributed by atoms with Crippen LogP contribution in [0.5, 0.6) is 0 Å². The van der Waals surface area contributed by atoms with Gasteiger partial charge in [0.15, 0.2) is 0 Å². The SMILES string of the molecule is CC(=O)N(CC(=O)O)C1CC(C#N)C1. The van der Waals surface area contributed by atoms with Gasteiger partial charge < -0.3 is 10.0 Å². The van der Waals surface area contributed by atoms with Crippen LogP contribution in [-0.2, 0) is 9.59 Å². The van der Waals surface area contributed by atoms with Gasteiger partial charge in [-0.15, -0.1) is 0 Å². The molecule has 0 aromatic heterocycles. The second-order valence-electron chi connectivity index (χ2n) is 3.49. The zero-order chi connectivity index (χ0) is 10.7. The molecule has 0 heterocycles. The highest BCUT2D eigenvalue weighted by atomic mass is 16.4. The Morgan fingerprint density at radius 2 is 2.14 bits per heavy atom. The number of aliphatic carboxylic acids is 1. The third-order valence-corrected chi connectivity index (χ3v) is 2.45. The van der Waals surface area contributed by atoms with Crippen LogP contribution in [0.1, 0.15) is 19.8 Å². The van der Waals surface area contributed by atoms with E-state index < -0.39 is 5.97 Å². The highest BCUT2D eigenvalue weighted by Gasteiger charge is 2.35. The molecule has 1 rings (SSSR count). The van der Waals surface area contributed by atoms with Gasteiger partial charge in [-0.25, -0.2) is 0 Å². The zero-order valence-corrected chi connectivity index (χ0v) is 7.93. The van der Waals surface area contributed by atoms with Crippen LogP contribution < -0.4 is 0 Å². The fraction of sp³-hybridized carbons (Fsp3) is 0.667. The molecule has 76 valence electrons. The van der Waals surface area contributed by atoms with Crippen LogP contribution in [0.3, 0.4) is 0 Å². The molecule has 0 unspecified atom stereocenters. The average molecular weight is 196 g/mol. The Labute approximate surface area is 81.9 Å². The quantitative estimate of drug-likeness (QED) is 0.700. The molecule has 0 saturated heterocycles. The Morgan fingerprint density at radius 1 is 1.57 bits per heavy atom. The van der Waals surface area contributed by atoms with E-state index in [0.29, 0.717) is 12.8 Å². The second kappa shape index (κ2) is 4.09. The van der Waals surface area contributed by atoms with Crippen LogP contribution in [0, 0.1) is 17.2 Å². The minimum Gasteiger partial charge on any atom is -0.480 e. The van der Waals surface area contributed by atoms with Gasteiger partial charge in [-0.2, -0.15) is 5.26 Å². The van der Waals surface area contributed by atoms with Gasteiger partial charge in [0.2, 0.25) is 5.91 Å². The average Bonchev–Trinajstić information content (AvgIpc) is 1.99. The number of carboxylic acids is 1. The molecule has 0 radical (unpaired) electrons. The molecule has 0 atom stereocenters. The minimum absolute atomic E-state index is 0.0179. The summed E-state index contributed by atoms with van der Waals surface area (Å²) >= 11 is 0. The summed E-state index contributed by atoms with van der Waals surface area (Å²) in [5.74, 6) is -1.27. The fourth-order valence-corrected chi connectivity index (χ4v) is 1.59. The molecule has 0 bridgehead atoms. The van der Waals surface area contributed by atoms with Crippen molar-refractivity contribution >= 4 is 11.9 Å². The zero-order valence-electron chi connectivity index (χ0n) is 7.93. The molecule has 1 amide bonds. The third kappa shape index (κ3) is 2.22. The van der Waals surface area contributed by atoms with E-state index in [1.54, 1.807) is 0 Å². The first-order chi connectivity index (χ1) is 6.54. The van der Waals surface area contributed by atoms with E-state index in [1.165, 1.54) is 11.8 Å². The molecule has 14 heavy (non-hydrogen) atoms. The first kappa shape index (κ1) is 10.5. The Bertz CT molecular complexity index is 289. The van der Waals surface area contributed by atoms with Gasteiger partial charge >= 0.3 is 5.97 Å². The lowest BCUT2D eigenvalue weighted by molar-refractivity contribution is -0.147. The second-order valence-corrected chi connectivity index (χ2v) is 3.49. The summed E-state index contributed by atoms with van der Waals surface area (Å²) < 4.78 is 0. The van der Waals surface area contributed by atoms with E-state index in [-0.39, 0.29) is 24.4 Å². The minimum atomic E-state index is -1.01. The maximum atomic E-state index is 11.1. The van der Waals surface area contributed by atoms with Crippen LogP contribution in [0.4, 0.5) is 0 Å². The van der Waals surface area contributed by atoms with Crippen molar-refractivity contribution in [1.82, 2.24) is 4.90 Å². The molecule has 1 fully saturated rings. The summed E-state index contributed by atoms with van der Waals surface area (Å²) in [5, 5.41) is 17.1. The number of carbonyl (C=O) groups is 2. The summed E-state index contributed by atoms with van der Waals surface area (Å²) in [5.41, 5.74) is 0. The molecule has 1 aliphatic rings. The predicted octanol–water partition coefficient (Wildman–Crippen LogP) is 0.222. The van der Waals surface area contributed by atoms with Gasteiger partial charge in [0.05, 0.1) is 12.0 Å². The van der Waals surface area contributed by atoms with E-state index in [2.05, 4.69) is 6.07 Å². The predicted molar refractivity (Wildman–Crippen MR) is 47.1 cm³/mol. The van der Waals surface area contributed by atoms with E-state index in [9.17, 15) is 9.59 Å². The normalized spacial score (nSPS) is 24.6. The number of carboxylic acid groups (broad SMARTS) is 1. The Hall–Kier alpha value is -1.57. The molecule has 0 aromatic rings. The summed E-state index contributed by atoms with van der Waals surface area (Å²) in [6.07, 6.45) is 1.20. The Kier molecular flexibility index (Phi) is 3.07. The van der Waals surface area contributed by atoms with Crippen LogP contribution >= 0.6 is 0 Å². The van der Waals surface area contributed by atoms with E-state index in [4.69, 9.17) is 10.4 Å². The molecular weight excluding hydrogens is 184 g/mol. The van der Waals surface area contributed by atoms with Crippen molar-refractivity contribution in [3.05, 3.63) is 0 Å². The van der Waals surface area contributed by atoms with Gasteiger partial charge in [0.25, 0.3) is 0 Å². The maximum absolute atomic E-state index is 11.1. The van der Waals surface area contributed by atoms with Gasteiger partial charge in [0, 0.05) is 13.0 Å². The standard InChI is InChI=1S/C9H12N2O3/c1-6(12)11(5-9(13)14)8-2-7(3-8)4-10/h7-8H,2-3,5H2,1H3,(H,13,14). The van der Waals surface area contributed by atoms with E-state index in [1.807, 2.05) is 0 Å². The highest BCUT2D eigenvalue weighted by Crippen LogP contribution is 2.30. The Balaban J connectivity index is 2.50. The number of hydrogen-bond acceptors (Lipinski definition) is 3. The lowest BCUT2D eigenvalue weighted by atomic mass is 9.80. The van der Waals surface area contributed by atoms with Gasteiger partial charge in [-0.05, 0) is 12.8 Å². The molecule has 5 heteroatoms. The largest absolute Gasteiger partial charge is 0.480 e. The van der Waals surface area contributed by atoms with Crippen LogP contribution in [0.25, 0.3) is 0 Å². The number of carbonyl (C=O) groups excluding carboxylic acids is 1. The maximum Gasteiger partial charge on any atom is 0.323 e. The summed E-state index contributed by atoms with van der Waals surface area (Å²) in [6.45, 7) is 1.08. The monoisotopic (exact) mass is 196 g/mol. The molecule has 0 spiro atoms. The fourth-order valence-electron chi connectivity index (χ4n) is 1.59. The van der Waals surface area contributed by atoms with Gasteiger partial charge in [0.1, 0.15) is 6.54 Å². The molecule has 0 aromatic carbocycles. The molecule has 5 nitrogen and oxygen atoms in total. The molecule has 1 aliphatic carbocycles. The molecule has 0 aliphatic heterocycles. The number of rotatable bonds is 3. The van der Waals surface area contributed by atoms with Crippen molar-refractivity contribution < 1.29 is 14.7 Å². The smallest absolute Gasteiger partial charge is 0.323 e. The van der Waals surface area contributed by atoms with Crippen molar-refractivity contribution in [1.29, 1.82) is 5.26 Å². The molecule has 1 N–H and O–H groups in total. The number of nitrogens with zero attached hydrogens (tertiary/aromatic N) is 2. The lowest BCUT2D eigenvalue weighted by Crippen LogP contribution is -2.48. The lowest BCUT2D eigenvalue weighted by Gasteiger charge is -2.38. The van der Waals surface area contributed by atoms with E-state index in [0.717, 1.165) is 0 Å². The number of amides is 1. The molecule has 1 saturated carbocycles. The first-order valence-electron chi connectivity index (χ1n) is 4.43. The van der Waals surface area contributed by atoms with Crippen LogP contribution in [0.15, 0.2) is 0 Å². The van der Waals surface area contributed by atoms with Crippen LogP contribution in [0.2, 0.25) is 0 Å². The summed E-state index contributed by atoms with van der Waals surface area (Å²) in [7, 11) is 0. The highest BCUT2D eigenvalue weighted by molar-refractivity contribution is 5.80. The topological polar surface area (TPSA) is 81.4 Å². The van der Waals surface area contributed by atoms with E-state index >= 15 is 0 Å². The van der Waals surface area contributed by atoms with Crippen molar-refractivity contribution in [2.24, 2.45) is 5.92 Å². The first-order valence-corrected chi connectivity index (χ1v) is 4.43. The van der Waals surface area contributed by atoms with Gasteiger partial charge in [-0.3, -0.25) is 9.59 Å². The third-order valence-electron chi connectivity index (χ3n) is 2.45. The molecular formula is C9H12N2O3. The van der Waals surface area contributed by atoms with Crippen molar-refractivity contribution in [3.8, 4) is 6.07 Å². The number of nitriles is 1. The van der Waals surface area contributed by atoms with Crippen LogP contribution in [-0.4, -0.2) is 34.5 Å². The number of hydrogen-bond donors (Lipinski definition) is 1. The van der Waals surface area contributed by atoms with Crippen molar-refractivity contribution in [2.45, 2.75) is 25.8 Å².